The first-order valence-corrected chi connectivity index (χ1v) is 13.5. The Morgan fingerprint density at radius 2 is 1.84 bits per heavy atom. The highest BCUT2D eigenvalue weighted by atomic mass is 32.2. The summed E-state index contributed by atoms with van der Waals surface area (Å²) in [7, 11) is -2.35. The van der Waals surface area contributed by atoms with E-state index < -0.39 is 16.1 Å². The molecule has 1 aromatic carbocycles. The quantitative estimate of drug-likeness (QED) is 0.301. The van der Waals surface area contributed by atoms with Crippen molar-refractivity contribution < 1.29 is 13.2 Å². The molecule has 1 fully saturated rings. The van der Waals surface area contributed by atoms with Crippen molar-refractivity contribution in [2.24, 2.45) is 5.92 Å². The van der Waals surface area contributed by atoms with Crippen molar-refractivity contribution in [2.45, 2.75) is 50.6 Å². The standard InChI is InChI=1S/C24H29N9O3S/c1-14-5-9-18(10-6-14)37(35,36)33-12-11-19-21(26-15(2)17-7-8-17)28-24(29-22(19)33)27-20-13-32(31-30-20)16(3)23(34)25-4/h5-6,9-13,15-17H,7-8H2,1-4H3,(H,25,34)(H2,26,27,28,29)/t15-,16?/m0/s1. The number of hydrogen-bond donors (Lipinski definition) is 3. The summed E-state index contributed by atoms with van der Waals surface area (Å²) in [5.74, 6) is 1.32. The molecule has 2 atom stereocenters. The lowest BCUT2D eigenvalue weighted by Crippen LogP contribution is -2.28. The lowest BCUT2D eigenvalue weighted by molar-refractivity contribution is -0.123. The molecule has 1 amide bonds. The van der Waals surface area contributed by atoms with Crippen LogP contribution in [0.3, 0.4) is 0 Å². The van der Waals surface area contributed by atoms with E-state index in [2.05, 4.69) is 43.2 Å². The van der Waals surface area contributed by atoms with Crippen molar-refractivity contribution in [1.29, 1.82) is 0 Å². The largest absolute Gasteiger partial charge is 0.367 e. The van der Waals surface area contributed by atoms with Gasteiger partial charge in [0.25, 0.3) is 10.0 Å². The summed E-state index contributed by atoms with van der Waals surface area (Å²) < 4.78 is 29.6. The number of fused-ring (bicyclic) bond motifs is 1. The van der Waals surface area contributed by atoms with E-state index in [0.717, 1.165) is 22.4 Å². The van der Waals surface area contributed by atoms with Crippen molar-refractivity contribution in [3.05, 3.63) is 48.3 Å². The number of nitrogens with zero attached hydrogens (tertiary/aromatic N) is 6. The number of carbonyl (C=O) groups excluding carboxylic acids is 1. The maximum absolute atomic E-state index is 13.5. The highest BCUT2D eigenvalue weighted by Gasteiger charge is 2.29. The summed E-state index contributed by atoms with van der Waals surface area (Å²) in [6.45, 7) is 5.69. The molecular formula is C24H29N9O3S. The number of hydrogen-bond acceptors (Lipinski definition) is 9. The van der Waals surface area contributed by atoms with Gasteiger partial charge in [0.2, 0.25) is 11.9 Å². The molecule has 1 aliphatic carbocycles. The zero-order valence-corrected chi connectivity index (χ0v) is 21.8. The van der Waals surface area contributed by atoms with Crippen LogP contribution in [0.5, 0.6) is 0 Å². The van der Waals surface area contributed by atoms with E-state index in [1.165, 1.54) is 10.9 Å². The first-order chi connectivity index (χ1) is 17.7. The van der Waals surface area contributed by atoms with E-state index in [4.69, 9.17) is 0 Å². The Morgan fingerprint density at radius 3 is 2.51 bits per heavy atom. The average molecular weight is 524 g/mol. The van der Waals surface area contributed by atoms with E-state index in [1.807, 2.05) is 6.92 Å². The lowest BCUT2D eigenvalue weighted by Gasteiger charge is -2.16. The molecule has 0 aliphatic heterocycles. The van der Waals surface area contributed by atoms with Gasteiger partial charge < -0.3 is 16.0 Å². The van der Waals surface area contributed by atoms with E-state index in [9.17, 15) is 13.2 Å². The summed E-state index contributed by atoms with van der Waals surface area (Å²) in [5, 5.41) is 17.7. The van der Waals surface area contributed by atoms with Gasteiger partial charge in [-0.15, -0.1) is 5.10 Å². The molecule has 3 heterocycles. The Kier molecular flexibility index (Phi) is 6.31. The van der Waals surface area contributed by atoms with Gasteiger partial charge in [-0.3, -0.25) is 4.79 Å². The van der Waals surface area contributed by atoms with Gasteiger partial charge in [0.15, 0.2) is 11.5 Å². The molecule has 3 aromatic heterocycles. The molecule has 1 unspecified atom stereocenters. The lowest BCUT2D eigenvalue weighted by atomic mass is 10.2. The molecule has 0 bridgehead atoms. The normalized spacial score (nSPS) is 15.4. The number of nitrogens with one attached hydrogen (secondary N) is 3. The summed E-state index contributed by atoms with van der Waals surface area (Å²) in [6, 6.07) is 7.98. The third kappa shape index (κ3) is 4.86. The summed E-state index contributed by atoms with van der Waals surface area (Å²) >= 11 is 0. The number of aromatic nitrogens is 6. The Balaban J connectivity index is 1.55. The van der Waals surface area contributed by atoms with Crippen molar-refractivity contribution >= 4 is 44.5 Å². The van der Waals surface area contributed by atoms with E-state index in [1.54, 1.807) is 50.5 Å². The van der Waals surface area contributed by atoms with Gasteiger partial charge in [-0.25, -0.2) is 17.1 Å². The molecule has 4 aromatic rings. The number of likely N-dealkylation sites (N-methyl/N-ethyl adjacent to an activating group) is 1. The second-order valence-corrected chi connectivity index (χ2v) is 11.1. The fourth-order valence-corrected chi connectivity index (χ4v) is 5.37. The van der Waals surface area contributed by atoms with Gasteiger partial charge in [-0.05, 0) is 57.7 Å². The monoisotopic (exact) mass is 523 g/mol. The minimum absolute atomic E-state index is 0.150. The van der Waals surface area contributed by atoms with Gasteiger partial charge in [0.05, 0.1) is 16.5 Å². The third-order valence-electron chi connectivity index (χ3n) is 6.55. The molecule has 0 saturated heterocycles. The van der Waals surface area contributed by atoms with Crippen LogP contribution in [-0.2, 0) is 14.8 Å². The minimum atomic E-state index is -3.90. The van der Waals surface area contributed by atoms with Gasteiger partial charge >= 0.3 is 0 Å². The van der Waals surface area contributed by atoms with Crippen LogP contribution in [-0.4, -0.2) is 56.3 Å². The van der Waals surface area contributed by atoms with Crippen LogP contribution in [0.1, 0.15) is 38.3 Å². The second-order valence-electron chi connectivity index (χ2n) is 9.33. The van der Waals surface area contributed by atoms with Gasteiger partial charge in [-0.2, -0.15) is 9.97 Å². The fourth-order valence-electron chi connectivity index (χ4n) is 4.07. The Hall–Kier alpha value is -4.00. The maximum Gasteiger partial charge on any atom is 0.269 e. The van der Waals surface area contributed by atoms with Crippen LogP contribution < -0.4 is 16.0 Å². The first-order valence-electron chi connectivity index (χ1n) is 12.1. The number of amides is 1. The predicted octanol–water partition coefficient (Wildman–Crippen LogP) is 2.83. The van der Waals surface area contributed by atoms with E-state index in [0.29, 0.717) is 22.9 Å². The smallest absolute Gasteiger partial charge is 0.269 e. The molecule has 5 rings (SSSR count). The number of rotatable bonds is 9. The Bertz CT molecular complexity index is 1560. The van der Waals surface area contributed by atoms with Crippen molar-refractivity contribution in [2.75, 3.05) is 17.7 Å². The molecule has 0 spiro atoms. The second kappa shape index (κ2) is 9.47. The molecule has 3 N–H and O–H groups in total. The Morgan fingerprint density at radius 1 is 1.11 bits per heavy atom. The molecular weight excluding hydrogens is 494 g/mol. The summed E-state index contributed by atoms with van der Waals surface area (Å²) in [5.41, 5.74) is 1.19. The number of aryl methyl sites for hydroxylation is 1. The molecule has 12 nitrogen and oxygen atoms in total. The van der Waals surface area contributed by atoms with Crippen LogP contribution in [0, 0.1) is 12.8 Å². The molecule has 1 saturated carbocycles. The van der Waals surface area contributed by atoms with Gasteiger partial charge in [0, 0.05) is 19.3 Å². The molecule has 194 valence electrons. The first kappa shape index (κ1) is 24.7. The molecule has 37 heavy (non-hydrogen) atoms. The highest BCUT2D eigenvalue weighted by molar-refractivity contribution is 7.90. The maximum atomic E-state index is 13.5. The van der Waals surface area contributed by atoms with Crippen LogP contribution in [0.2, 0.25) is 0 Å². The van der Waals surface area contributed by atoms with E-state index in [-0.39, 0.29) is 28.4 Å². The molecule has 13 heteroatoms. The topological polar surface area (TPSA) is 149 Å². The van der Waals surface area contributed by atoms with Gasteiger partial charge in [0.1, 0.15) is 11.9 Å². The third-order valence-corrected chi connectivity index (χ3v) is 8.24. The van der Waals surface area contributed by atoms with Crippen molar-refractivity contribution in [1.82, 2.24) is 34.3 Å². The van der Waals surface area contributed by atoms with Crippen LogP contribution in [0.4, 0.5) is 17.6 Å². The zero-order chi connectivity index (χ0) is 26.3. The number of carbonyl (C=O) groups is 1. The molecule has 0 radical (unpaired) electrons. The number of benzene rings is 1. The minimum Gasteiger partial charge on any atom is -0.367 e. The zero-order valence-electron chi connectivity index (χ0n) is 21.0. The van der Waals surface area contributed by atoms with E-state index >= 15 is 0 Å². The SMILES string of the molecule is CNC(=O)C(C)n1cc(Nc2nc(N[C@@H](C)C3CC3)c3ccn(S(=O)(=O)c4ccc(C)cc4)c3n2)nn1. The summed E-state index contributed by atoms with van der Waals surface area (Å²) in [6.07, 6.45) is 5.34. The number of anilines is 3. The molecule has 1 aliphatic rings. The average Bonchev–Trinajstić information content (AvgIpc) is 3.48. The van der Waals surface area contributed by atoms with Crippen LogP contribution >= 0.6 is 0 Å². The van der Waals surface area contributed by atoms with Crippen LogP contribution in [0.15, 0.2) is 47.6 Å². The highest BCUT2D eigenvalue weighted by Crippen LogP contribution is 2.35. The Labute approximate surface area is 214 Å². The van der Waals surface area contributed by atoms with Crippen molar-refractivity contribution in [3.63, 3.8) is 0 Å². The summed E-state index contributed by atoms with van der Waals surface area (Å²) in [4.78, 5) is 21.3. The van der Waals surface area contributed by atoms with Gasteiger partial charge in [-0.1, -0.05) is 22.9 Å². The predicted molar refractivity (Wildman–Crippen MR) is 139 cm³/mol. The van der Waals surface area contributed by atoms with Crippen molar-refractivity contribution in [3.8, 4) is 0 Å². The van der Waals surface area contributed by atoms with Crippen LogP contribution in [0.25, 0.3) is 11.0 Å². The fraction of sp³-hybridized carbons (Fsp3) is 0.375.